The Morgan fingerprint density at radius 1 is 0.625 bits per heavy atom. The summed E-state index contributed by atoms with van der Waals surface area (Å²) in [4.78, 5) is 0. The maximum atomic E-state index is 6.11. The van der Waals surface area contributed by atoms with Gasteiger partial charge in [0.05, 0.1) is 6.10 Å². The van der Waals surface area contributed by atoms with Crippen molar-refractivity contribution < 1.29 is 4.74 Å². The van der Waals surface area contributed by atoms with Crippen molar-refractivity contribution in [1.29, 1.82) is 0 Å². The monoisotopic (exact) mass is 420 g/mol. The van der Waals surface area contributed by atoms with Crippen molar-refractivity contribution in [2.45, 2.75) is 46.1 Å². The second-order valence-electron chi connectivity index (χ2n) is 8.50. The van der Waals surface area contributed by atoms with Gasteiger partial charge in [0, 0.05) is 0 Å². The second-order valence-corrected chi connectivity index (χ2v) is 8.50. The van der Waals surface area contributed by atoms with Gasteiger partial charge in [-0.05, 0) is 71.3 Å². The molecule has 0 aromatic heterocycles. The largest absolute Gasteiger partial charge is 0.491 e. The fraction of sp³-hybridized carbons (Fsp3) is 0.226. The van der Waals surface area contributed by atoms with Gasteiger partial charge in [0.25, 0.3) is 0 Å². The lowest BCUT2D eigenvalue weighted by atomic mass is 9.88. The van der Waals surface area contributed by atoms with Crippen LogP contribution in [0, 0.1) is 6.92 Å². The number of ether oxygens (including phenoxy) is 1. The highest BCUT2D eigenvalue weighted by molar-refractivity contribution is 5.92. The van der Waals surface area contributed by atoms with E-state index in [1.54, 1.807) is 0 Å². The lowest BCUT2D eigenvalue weighted by Crippen LogP contribution is -2.11. The van der Waals surface area contributed by atoms with Crippen LogP contribution >= 0.6 is 0 Å². The summed E-state index contributed by atoms with van der Waals surface area (Å²) >= 11 is 0. The lowest BCUT2D eigenvalue weighted by Gasteiger charge is -2.17. The number of unbranched alkanes of at least 4 members (excludes halogenated alkanes) is 1. The van der Waals surface area contributed by atoms with Crippen LogP contribution < -0.4 is 4.74 Å². The molecule has 0 aliphatic rings. The molecule has 0 spiro atoms. The Labute approximate surface area is 192 Å². The van der Waals surface area contributed by atoms with Crippen molar-refractivity contribution >= 4 is 0 Å². The molecule has 1 atom stereocenters. The van der Waals surface area contributed by atoms with Gasteiger partial charge < -0.3 is 4.74 Å². The van der Waals surface area contributed by atoms with E-state index < -0.39 is 0 Å². The lowest BCUT2D eigenvalue weighted by molar-refractivity contribution is 0.207. The molecule has 0 aliphatic heterocycles. The first-order valence-corrected chi connectivity index (χ1v) is 11.7. The van der Waals surface area contributed by atoms with E-state index in [1.807, 2.05) is 0 Å². The maximum absolute atomic E-state index is 6.11. The summed E-state index contributed by atoms with van der Waals surface area (Å²) in [7, 11) is 0. The van der Waals surface area contributed by atoms with Crippen molar-refractivity contribution in [1.82, 2.24) is 0 Å². The summed E-state index contributed by atoms with van der Waals surface area (Å²) in [5, 5.41) is 0. The third-order valence-corrected chi connectivity index (χ3v) is 6.05. The number of benzene rings is 4. The van der Waals surface area contributed by atoms with E-state index in [-0.39, 0.29) is 6.10 Å². The molecule has 0 heterocycles. The molecule has 1 nitrogen and oxygen atoms in total. The zero-order valence-electron chi connectivity index (χ0n) is 19.3. The van der Waals surface area contributed by atoms with E-state index >= 15 is 0 Å². The van der Waals surface area contributed by atoms with Gasteiger partial charge in [-0.15, -0.1) is 0 Å². The predicted molar refractivity (Wildman–Crippen MR) is 137 cm³/mol. The molecule has 1 unspecified atom stereocenters. The van der Waals surface area contributed by atoms with Crippen LogP contribution in [0.2, 0.25) is 0 Å². The Bertz CT molecular complexity index is 1160. The van der Waals surface area contributed by atoms with Gasteiger partial charge >= 0.3 is 0 Å². The standard InChI is InChI=1S/C31H32O/c1-4-5-13-24(3)32-26-21-19-25(20-22-26)28-15-8-9-17-30(28)31-18-11-10-16-29(31)27-14-7-6-12-23(27)2/h6-12,14-22,24H,4-5,13H2,1-3H3. The molecule has 0 saturated heterocycles. The average Bonchev–Trinajstić information content (AvgIpc) is 2.84. The van der Waals surface area contributed by atoms with E-state index in [1.165, 1.54) is 51.8 Å². The van der Waals surface area contributed by atoms with Crippen molar-refractivity contribution in [3.63, 3.8) is 0 Å². The van der Waals surface area contributed by atoms with Crippen LogP contribution in [0.1, 0.15) is 38.7 Å². The van der Waals surface area contributed by atoms with Gasteiger partial charge in [-0.2, -0.15) is 0 Å². The molecule has 0 fully saturated rings. The van der Waals surface area contributed by atoms with Gasteiger partial charge in [0.15, 0.2) is 0 Å². The quantitative estimate of drug-likeness (QED) is 0.276. The molecular formula is C31H32O. The molecule has 0 bridgehead atoms. The molecule has 1 heteroatoms. The van der Waals surface area contributed by atoms with Crippen LogP contribution in [0.4, 0.5) is 0 Å². The van der Waals surface area contributed by atoms with Crippen molar-refractivity contribution in [2.75, 3.05) is 0 Å². The van der Waals surface area contributed by atoms with Crippen LogP contribution in [-0.4, -0.2) is 6.10 Å². The second kappa shape index (κ2) is 10.3. The Morgan fingerprint density at radius 2 is 1.12 bits per heavy atom. The minimum absolute atomic E-state index is 0.245. The summed E-state index contributed by atoms with van der Waals surface area (Å²) in [6.45, 7) is 6.55. The van der Waals surface area contributed by atoms with Crippen molar-refractivity contribution in [3.05, 3.63) is 103 Å². The van der Waals surface area contributed by atoms with E-state index in [9.17, 15) is 0 Å². The number of rotatable bonds is 8. The molecule has 0 aliphatic carbocycles. The normalized spacial score (nSPS) is 11.8. The Kier molecular flexibility index (Phi) is 7.07. The van der Waals surface area contributed by atoms with Gasteiger partial charge in [0.1, 0.15) is 5.75 Å². The highest BCUT2D eigenvalue weighted by Crippen LogP contribution is 2.39. The fourth-order valence-corrected chi connectivity index (χ4v) is 4.29. The van der Waals surface area contributed by atoms with Gasteiger partial charge in [-0.3, -0.25) is 0 Å². The topological polar surface area (TPSA) is 9.23 Å². The third kappa shape index (κ3) is 4.94. The van der Waals surface area contributed by atoms with Gasteiger partial charge in [0.2, 0.25) is 0 Å². The summed E-state index contributed by atoms with van der Waals surface area (Å²) in [6, 6.07) is 34.5. The Balaban J connectivity index is 1.69. The highest BCUT2D eigenvalue weighted by Gasteiger charge is 2.13. The number of hydrogen-bond donors (Lipinski definition) is 0. The molecule has 0 radical (unpaired) electrons. The molecule has 0 N–H and O–H groups in total. The maximum Gasteiger partial charge on any atom is 0.119 e. The minimum Gasteiger partial charge on any atom is -0.491 e. The van der Waals surface area contributed by atoms with Crippen molar-refractivity contribution in [3.8, 4) is 39.1 Å². The van der Waals surface area contributed by atoms with E-state index in [2.05, 4.69) is 118 Å². The molecule has 0 saturated carbocycles. The van der Waals surface area contributed by atoms with E-state index in [0.717, 1.165) is 12.2 Å². The molecule has 4 aromatic carbocycles. The van der Waals surface area contributed by atoms with E-state index in [0.29, 0.717) is 0 Å². The van der Waals surface area contributed by atoms with Crippen molar-refractivity contribution in [2.24, 2.45) is 0 Å². The highest BCUT2D eigenvalue weighted by atomic mass is 16.5. The SMILES string of the molecule is CCCCC(C)Oc1ccc(-c2ccccc2-c2ccccc2-c2ccccc2C)cc1. The molecule has 162 valence electrons. The number of aryl methyl sites for hydroxylation is 1. The zero-order valence-corrected chi connectivity index (χ0v) is 19.3. The summed E-state index contributed by atoms with van der Waals surface area (Å²) in [5.74, 6) is 0.940. The molecular weight excluding hydrogens is 388 g/mol. The fourth-order valence-electron chi connectivity index (χ4n) is 4.29. The first-order valence-electron chi connectivity index (χ1n) is 11.7. The van der Waals surface area contributed by atoms with Crippen LogP contribution in [0.15, 0.2) is 97.1 Å². The molecule has 0 amide bonds. The Hall–Kier alpha value is -3.32. The van der Waals surface area contributed by atoms with Crippen LogP contribution in [0.25, 0.3) is 33.4 Å². The third-order valence-electron chi connectivity index (χ3n) is 6.05. The summed E-state index contributed by atoms with van der Waals surface area (Å²) in [6.07, 6.45) is 3.74. The summed E-state index contributed by atoms with van der Waals surface area (Å²) in [5.41, 5.74) is 8.77. The predicted octanol–water partition coefficient (Wildman–Crippen LogP) is 8.95. The first-order chi connectivity index (χ1) is 15.7. The summed E-state index contributed by atoms with van der Waals surface area (Å²) < 4.78 is 6.11. The molecule has 4 rings (SSSR count). The van der Waals surface area contributed by atoms with Gasteiger partial charge in [-0.1, -0.05) is 105 Å². The van der Waals surface area contributed by atoms with Gasteiger partial charge in [-0.25, -0.2) is 0 Å². The van der Waals surface area contributed by atoms with Crippen LogP contribution in [-0.2, 0) is 0 Å². The Morgan fingerprint density at radius 3 is 1.72 bits per heavy atom. The minimum atomic E-state index is 0.245. The molecule has 4 aromatic rings. The number of hydrogen-bond acceptors (Lipinski definition) is 1. The zero-order chi connectivity index (χ0) is 22.3. The van der Waals surface area contributed by atoms with Crippen LogP contribution in [0.5, 0.6) is 5.75 Å². The molecule has 32 heavy (non-hydrogen) atoms. The van der Waals surface area contributed by atoms with E-state index in [4.69, 9.17) is 4.74 Å². The van der Waals surface area contributed by atoms with Crippen LogP contribution in [0.3, 0.4) is 0 Å². The smallest absolute Gasteiger partial charge is 0.119 e. The average molecular weight is 421 g/mol. The first kappa shape index (κ1) is 21.9.